The third-order valence-electron chi connectivity index (χ3n) is 3.38. The second-order valence-corrected chi connectivity index (χ2v) is 8.80. The van der Waals surface area contributed by atoms with Crippen LogP contribution in [0, 0.1) is 6.92 Å². The Kier molecular flexibility index (Phi) is 4.72. The van der Waals surface area contributed by atoms with Crippen LogP contribution in [0.2, 0.25) is 0 Å². The molecule has 0 amide bonds. The minimum atomic E-state index is -3.87. The predicted octanol–water partition coefficient (Wildman–Crippen LogP) is 1.12. The Morgan fingerprint density at radius 2 is 1.76 bits per heavy atom. The molecule has 1 unspecified atom stereocenters. The van der Waals surface area contributed by atoms with Crippen LogP contribution < -0.4 is 0 Å². The molecule has 118 valence electrons. The van der Waals surface area contributed by atoms with E-state index < -0.39 is 26.2 Å². The van der Waals surface area contributed by atoms with Crippen LogP contribution >= 0.6 is 0 Å². The van der Waals surface area contributed by atoms with Crippen LogP contribution in [-0.2, 0) is 24.3 Å². The molecule has 0 bridgehead atoms. The van der Waals surface area contributed by atoms with Crippen molar-refractivity contribution in [2.75, 3.05) is 19.3 Å². The summed E-state index contributed by atoms with van der Waals surface area (Å²) in [6.45, 7) is 2.34. The third kappa shape index (κ3) is 4.26. The highest BCUT2D eigenvalue weighted by molar-refractivity contribution is 7.88. The molecule has 8 heteroatoms. The van der Waals surface area contributed by atoms with E-state index in [1.165, 1.54) is 16.4 Å². The predicted molar refractivity (Wildman–Crippen MR) is 78.9 cm³/mol. The second-order valence-electron chi connectivity index (χ2n) is 5.25. The molecule has 1 aliphatic heterocycles. The van der Waals surface area contributed by atoms with Gasteiger partial charge in [0.1, 0.15) is 0 Å². The Morgan fingerprint density at radius 1 is 1.14 bits per heavy atom. The Bertz CT molecular complexity index is 695. The van der Waals surface area contributed by atoms with E-state index in [2.05, 4.69) is 0 Å². The molecule has 1 fully saturated rings. The molecule has 0 aromatic heterocycles. The summed E-state index contributed by atoms with van der Waals surface area (Å²) in [5, 5.41) is 0. The van der Waals surface area contributed by atoms with Gasteiger partial charge in [-0.2, -0.15) is 12.7 Å². The number of aryl methyl sites for hydroxylation is 1. The van der Waals surface area contributed by atoms with E-state index in [1.807, 2.05) is 6.92 Å². The molecule has 6 nitrogen and oxygen atoms in total. The molecule has 1 atom stereocenters. The smallest absolute Gasteiger partial charge is 0.262 e. The summed E-state index contributed by atoms with van der Waals surface area (Å²) in [5.41, 5.74) is 0.954. The van der Waals surface area contributed by atoms with Gasteiger partial charge in [-0.1, -0.05) is 17.7 Å². The van der Waals surface area contributed by atoms with Gasteiger partial charge in [0.15, 0.2) is 0 Å². The van der Waals surface area contributed by atoms with Crippen LogP contribution in [0.4, 0.5) is 0 Å². The van der Waals surface area contributed by atoms with E-state index in [0.717, 1.165) is 11.8 Å². The van der Waals surface area contributed by atoms with E-state index in [9.17, 15) is 16.8 Å². The number of nitrogens with zero attached hydrogens (tertiary/aromatic N) is 1. The Balaban J connectivity index is 2.11. The van der Waals surface area contributed by atoms with Crippen LogP contribution in [0.3, 0.4) is 0 Å². The summed E-state index contributed by atoms with van der Waals surface area (Å²) in [7, 11) is -7.19. The van der Waals surface area contributed by atoms with Crippen molar-refractivity contribution in [3.8, 4) is 0 Å². The van der Waals surface area contributed by atoms with Gasteiger partial charge >= 0.3 is 0 Å². The Labute approximate surface area is 125 Å². The summed E-state index contributed by atoms with van der Waals surface area (Å²) >= 11 is 0. The van der Waals surface area contributed by atoms with Crippen LogP contribution in [-0.4, -0.2) is 46.6 Å². The van der Waals surface area contributed by atoms with Gasteiger partial charge in [-0.3, -0.25) is 4.18 Å². The number of sulfonamides is 1. The van der Waals surface area contributed by atoms with E-state index in [4.69, 9.17) is 4.18 Å². The molecule has 1 aromatic rings. The van der Waals surface area contributed by atoms with Gasteiger partial charge < -0.3 is 0 Å². The summed E-state index contributed by atoms with van der Waals surface area (Å²) in [5.74, 6) is 0. The maximum absolute atomic E-state index is 12.2. The van der Waals surface area contributed by atoms with Crippen molar-refractivity contribution in [3.63, 3.8) is 0 Å². The lowest BCUT2D eigenvalue weighted by Crippen LogP contribution is -2.43. The van der Waals surface area contributed by atoms with Gasteiger partial charge in [0.2, 0.25) is 10.0 Å². The second kappa shape index (κ2) is 6.04. The lowest BCUT2D eigenvalue weighted by Gasteiger charge is -2.30. The van der Waals surface area contributed by atoms with Gasteiger partial charge in [-0.15, -0.1) is 0 Å². The molecule has 1 saturated heterocycles. The van der Waals surface area contributed by atoms with E-state index in [-0.39, 0.29) is 11.4 Å². The first kappa shape index (κ1) is 16.4. The minimum Gasteiger partial charge on any atom is -0.262 e. The number of rotatable bonds is 4. The highest BCUT2D eigenvalue weighted by atomic mass is 32.2. The highest BCUT2D eigenvalue weighted by Gasteiger charge is 2.30. The fourth-order valence-corrected chi connectivity index (χ4v) is 4.22. The average Bonchev–Trinajstić information content (AvgIpc) is 2.38. The molecular formula is C13H19NO5S2. The summed E-state index contributed by atoms with van der Waals surface area (Å²) in [4.78, 5) is 0.0876. The van der Waals surface area contributed by atoms with Crippen LogP contribution in [0.5, 0.6) is 0 Å². The van der Waals surface area contributed by atoms with Crippen LogP contribution in [0.15, 0.2) is 29.2 Å². The fraction of sp³-hybridized carbons (Fsp3) is 0.538. The first-order chi connectivity index (χ1) is 9.68. The Hall–Kier alpha value is -0.960. The zero-order valence-electron chi connectivity index (χ0n) is 12.0. The fourth-order valence-electron chi connectivity index (χ4n) is 2.22. The van der Waals surface area contributed by atoms with E-state index in [1.54, 1.807) is 12.1 Å². The lowest BCUT2D eigenvalue weighted by atomic mass is 10.1. The maximum Gasteiger partial charge on any atom is 0.297 e. The number of hydrogen-bond donors (Lipinski definition) is 0. The maximum atomic E-state index is 12.2. The molecule has 0 N–H and O–H groups in total. The highest BCUT2D eigenvalue weighted by Crippen LogP contribution is 2.21. The van der Waals surface area contributed by atoms with Crippen molar-refractivity contribution in [2.24, 2.45) is 0 Å². The van der Waals surface area contributed by atoms with Crippen LogP contribution in [0.25, 0.3) is 0 Å². The summed E-state index contributed by atoms with van der Waals surface area (Å²) in [6.07, 6.45) is 1.59. The lowest BCUT2D eigenvalue weighted by molar-refractivity contribution is 0.136. The summed E-state index contributed by atoms with van der Waals surface area (Å²) in [6, 6.07) is 6.36. The van der Waals surface area contributed by atoms with E-state index >= 15 is 0 Å². The number of hydrogen-bond acceptors (Lipinski definition) is 5. The number of benzene rings is 1. The van der Waals surface area contributed by atoms with Gasteiger partial charge in [-0.25, -0.2) is 8.42 Å². The van der Waals surface area contributed by atoms with Gasteiger partial charge in [0.05, 0.1) is 17.3 Å². The normalized spacial score (nSPS) is 21.3. The van der Waals surface area contributed by atoms with Crippen molar-refractivity contribution in [1.82, 2.24) is 4.31 Å². The van der Waals surface area contributed by atoms with Gasteiger partial charge in [-0.05, 0) is 31.9 Å². The molecular weight excluding hydrogens is 314 g/mol. The van der Waals surface area contributed by atoms with Gasteiger partial charge in [0, 0.05) is 13.1 Å². The largest absolute Gasteiger partial charge is 0.297 e. The number of piperidine rings is 1. The van der Waals surface area contributed by atoms with Crippen molar-refractivity contribution in [1.29, 1.82) is 0 Å². The standard InChI is InChI=1S/C13H19NO5S2/c1-11-5-7-13(8-6-11)21(17,18)19-12-4-3-9-14(10-12)20(2,15)16/h5-8,12H,3-4,9-10H2,1-2H3. The molecule has 21 heavy (non-hydrogen) atoms. The van der Waals surface area contributed by atoms with Crippen molar-refractivity contribution in [2.45, 2.75) is 30.8 Å². The molecule has 1 aromatic carbocycles. The molecule has 0 saturated carbocycles. The first-order valence-electron chi connectivity index (χ1n) is 6.63. The molecule has 1 aliphatic rings. The average molecular weight is 333 g/mol. The molecule has 0 spiro atoms. The first-order valence-corrected chi connectivity index (χ1v) is 9.89. The minimum absolute atomic E-state index is 0.0733. The Morgan fingerprint density at radius 3 is 2.33 bits per heavy atom. The molecule has 0 aliphatic carbocycles. The zero-order valence-corrected chi connectivity index (χ0v) is 13.7. The molecule has 0 radical (unpaired) electrons. The van der Waals surface area contributed by atoms with Crippen LogP contribution in [0.1, 0.15) is 18.4 Å². The van der Waals surface area contributed by atoms with Crippen molar-refractivity contribution >= 4 is 20.1 Å². The topological polar surface area (TPSA) is 80.8 Å². The monoisotopic (exact) mass is 333 g/mol. The zero-order chi connectivity index (χ0) is 15.7. The SMILES string of the molecule is Cc1ccc(S(=O)(=O)OC2CCCN(S(C)(=O)=O)C2)cc1. The van der Waals surface area contributed by atoms with E-state index in [0.29, 0.717) is 19.4 Å². The summed E-state index contributed by atoms with van der Waals surface area (Å²) < 4.78 is 53.9. The quantitative estimate of drug-likeness (QED) is 0.772. The molecule has 1 heterocycles. The molecule has 2 rings (SSSR count). The van der Waals surface area contributed by atoms with Gasteiger partial charge in [0.25, 0.3) is 10.1 Å². The van der Waals surface area contributed by atoms with Crippen molar-refractivity contribution < 1.29 is 21.0 Å². The third-order valence-corrected chi connectivity index (χ3v) is 6.03. The van der Waals surface area contributed by atoms with Crippen molar-refractivity contribution in [3.05, 3.63) is 29.8 Å².